The Kier molecular flexibility index (Phi) is 7.86. The van der Waals surface area contributed by atoms with Crippen molar-refractivity contribution in [3.8, 4) is 44.5 Å². The molecule has 12 rings (SSSR count). The van der Waals surface area contributed by atoms with E-state index in [1.54, 1.807) is 0 Å². The molecule has 1 N–H and O–H groups in total. The topological polar surface area (TPSA) is 15.3 Å². The van der Waals surface area contributed by atoms with Crippen LogP contribution in [0.4, 0.5) is 17.1 Å². The van der Waals surface area contributed by atoms with E-state index in [0.717, 1.165) is 23.6 Å². The summed E-state index contributed by atoms with van der Waals surface area (Å²) in [4.78, 5) is 2.43. The second-order valence-electron chi connectivity index (χ2n) is 16.1. The fourth-order valence-electron chi connectivity index (χ4n) is 10.3. The summed E-state index contributed by atoms with van der Waals surface area (Å²) in [7, 11) is 0. The lowest BCUT2D eigenvalue weighted by Crippen LogP contribution is -2.26. The van der Waals surface area contributed by atoms with Gasteiger partial charge in [-0.05, 0) is 137 Å². The molecule has 2 heteroatoms. The molecule has 0 fully saturated rings. The predicted molar refractivity (Wildman–Crippen MR) is 251 cm³/mol. The van der Waals surface area contributed by atoms with E-state index >= 15 is 0 Å². The van der Waals surface area contributed by atoms with Gasteiger partial charge in [0.05, 0.1) is 5.41 Å². The summed E-state index contributed by atoms with van der Waals surface area (Å²) in [5, 5.41) is 6.05. The van der Waals surface area contributed by atoms with Crippen molar-refractivity contribution >= 4 is 33.4 Å². The average molecular weight is 765 g/mol. The Morgan fingerprint density at radius 3 is 1.67 bits per heavy atom. The monoisotopic (exact) mass is 764 g/mol. The van der Waals surface area contributed by atoms with Crippen LogP contribution in [0.15, 0.2) is 225 Å². The number of rotatable bonds is 6. The van der Waals surface area contributed by atoms with Gasteiger partial charge in [-0.3, -0.25) is 0 Å². The van der Waals surface area contributed by atoms with E-state index in [2.05, 4.69) is 229 Å². The second-order valence-corrected chi connectivity index (χ2v) is 16.1. The maximum atomic E-state index is 3.50. The third-order valence-corrected chi connectivity index (χ3v) is 13.0. The van der Waals surface area contributed by atoms with Gasteiger partial charge >= 0.3 is 0 Å². The Bertz CT molecular complexity index is 3090. The second kappa shape index (κ2) is 13.7. The Labute approximate surface area is 351 Å². The van der Waals surface area contributed by atoms with Gasteiger partial charge < -0.3 is 10.2 Å². The lowest BCUT2D eigenvalue weighted by atomic mass is 9.70. The van der Waals surface area contributed by atoms with Crippen molar-refractivity contribution in [2.45, 2.75) is 5.41 Å². The van der Waals surface area contributed by atoms with Crippen molar-refractivity contribution in [3.63, 3.8) is 0 Å². The fraction of sp³-hybridized carbons (Fsp3) is 0.0345. The van der Waals surface area contributed by atoms with Crippen LogP contribution in [0.25, 0.3) is 60.9 Å². The van der Waals surface area contributed by atoms with Crippen molar-refractivity contribution in [2.75, 3.05) is 11.4 Å². The van der Waals surface area contributed by atoms with Crippen LogP contribution in [0.2, 0.25) is 0 Å². The van der Waals surface area contributed by atoms with Crippen molar-refractivity contribution in [1.29, 1.82) is 0 Å². The molecule has 2 nitrogen and oxygen atoms in total. The number of hydrogen-bond acceptors (Lipinski definition) is 2. The molecule has 1 heterocycles. The number of nitrogens with one attached hydrogen (secondary N) is 1. The van der Waals surface area contributed by atoms with E-state index in [9.17, 15) is 0 Å². The van der Waals surface area contributed by atoms with Gasteiger partial charge in [0.2, 0.25) is 0 Å². The number of anilines is 3. The predicted octanol–water partition coefficient (Wildman–Crippen LogP) is 14.5. The standard InChI is InChI=1S/C58H40N2/c1-3-13-39(14-4-1)41-24-29-45(30-25-41)60(46-31-26-42(27-32-46)40-15-5-2-6-16-40)47-33-34-51-50-20-9-10-22-52(50)58(55(51)37-47)53-23-11-21-49(44-18-12-36-59-38-44)57(53)56-48-19-8-7-17-43(48)28-35-54(56)58/h1-37,59H,38H2. The molecule has 1 atom stereocenters. The molecular weight excluding hydrogens is 725 g/mol. The highest BCUT2D eigenvalue weighted by Gasteiger charge is 2.53. The molecule has 1 spiro atoms. The molecule has 1 aliphatic heterocycles. The number of dihydropyridines is 1. The van der Waals surface area contributed by atoms with E-state index in [-0.39, 0.29) is 0 Å². The summed E-state index contributed by atoms with van der Waals surface area (Å²) in [6.07, 6.45) is 6.45. The summed E-state index contributed by atoms with van der Waals surface area (Å²) in [6, 6.07) is 76.4. The first-order valence-corrected chi connectivity index (χ1v) is 20.9. The Balaban J connectivity index is 1.11. The van der Waals surface area contributed by atoms with Gasteiger partial charge in [0.25, 0.3) is 0 Å². The normalized spacial score (nSPS) is 15.5. The molecule has 0 aromatic heterocycles. The van der Waals surface area contributed by atoms with E-state index in [1.165, 1.54) is 88.7 Å². The maximum Gasteiger partial charge on any atom is 0.0726 e. The number of allylic oxidation sites excluding steroid dienone is 2. The molecule has 0 amide bonds. The molecule has 9 aromatic rings. The lowest BCUT2D eigenvalue weighted by Gasteiger charge is -2.32. The SMILES string of the molecule is C1=CNCC(c2cccc3c2-c2c(ccc4ccccc24)C32c3ccccc3-c3ccc(N(c4ccc(-c5ccccc5)cc4)c4ccc(-c5ccccc5)cc4)cc32)=C1. The molecular formula is C58H40N2. The number of nitrogens with zero attached hydrogens (tertiary/aromatic N) is 1. The first kappa shape index (κ1) is 34.4. The van der Waals surface area contributed by atoms with Crippen LogP contribution in [0.3, 0.4) is 0 Å². The van der Waals surface area contributed by atoms with Gasteiger partial charge in [-0.2, -0.15) is 0 Å². The van der Waals surface area contributed by atoms with Gasteiger partial charge in [-0.1, -0.05) is 176 Å². The van der Waals surface area contributed by atoms with Crippen LogP contribution in [0.5, 0.6) is 0 Å². The van der Waals surface area contributed by atoms with E-state index in [4.69, 9.17) is 0 Å². The minimum atomic E-state index is -0.523. The van der Waals surface area contributed by atoms with Crippen LogP contribution < -0.4 is 10.2 Å². The van der Waals surface area contributed by atoms with Crippen molar-refractivity contribution in [1.82, 2.24) is 5.32 Å². The molecule has 0 radical (unpaired) electrons. The Morgan fingerprint density at radius 1 is 0.400 bits per heavy atom. The first-order chi connectivity index (χ1) is 29.8. The van der Waals surface area contributed by atoms with Gasteiger partial charge in [-0.25, -0.2) is 0 Å². The van der Waals surface area contributed by atoms with E-state index in [1.807, 2.05) is 6.20 Å². The van der Waals surface area contributed by atoms with Crippen molar-refractivity contribution in [2.24, 2.45) is 0 Å². The lowest BCUT2D eigenvalue weighted by molar-refractivity contribution is 0.794. The van der Waals surface area contributed by atoms with Gasteiger partial charge in [0.1, 0.15) is 0 Å². The molecule has 1 unspecified atom stereocenters. The molecule has 0 bridgehead atoms. The molecule has 9 aromatic carbocycles. The summed E-state index contributed by atoms with van der Waals surface area (Å²) in [5.41, 5.74) is 20.8. The molecule has 0 saturated heterocycles. The Morgan fingerprint density at radius 2 is 0.967 bits per heavy atom. The van der Waals surface area contributed by atoms with Crippen LogP contribution in [0, 0.1) is 0 Å². The van der Waals surface area contributed by atoms with Gasteiger partial charge in [0.15, 0.2) is 0 Å². The average Bonchev–Trinajstić information content (AvgIpc) is 3.80. The molecule has 3 aliphatic rings. The zero-order chi connectivity index (χ0) is 39.6. The zero-order valence-corrected chi connectivity index (χ0v) is 33.0. The van der Waals surface area contributed by atoms with E-state index < -0.39 is 5.41 Å². The highest BCUT2D eigenvalue weighted by Crippen LogP contribution is 2.65. The third-order valence-electron chi connectivity index (χ3n) is 13.0. The quantitative estimate of drug-likeness (QED) is 0.181. The summed E-state index contributed by atoms with van der Waals surface area (Å²) < 4.78 is 0. The highest BCUT2D eigenvalue weighted by molar-refractivity contribution is 6.09. The number of fused-ring (bicyclic) bond motifs is 12. The summed E-state index contributed by atoms with van der Waals surface area (Å²) in [6.45, 7) is 0.790. The van der Waals surface area contributed by atoms with Crippen LogP contribution in [0.1, 0.15) is 27.8 Å². The summed E-state index contributed by atoms with van der Waals surface area (Å²) in [5.74, 6) is 0. The molecule has 0 saturated carbocycles. The van der Waals surface area contributed by atoms with Gasteiger partial charge in [0, 0.05) is 23.6 Å². The van der Waals surface area contributed by atoms with Crippen LogP contribution >= 0.6 is 0 Å². The van der Waals surface area contributed by atoms with Crippen molar-refractivity contribution in [3.05, 3.63) is 252 Å². The molecule has 282 valence electrons. The molecule has 60 heavy (non-hydrogen) atoms. The Hall–Kier alpha value is -7.68. The van der Waals surface area contributed by atoms with Crippen LogP contribution in [-0.2, 0) is 5.41 Å². The number of benzene rings is 9. The summed E-state index contributed by atoms with van der Waals surface area (Å²) >= 11 is 0. The fourth-order valence-corrected chi connectivity index (χ4v) is 10.3. The van der Waals surface area contributed by atoms with E-state index in [0.29, 0.717) is 0 Å². The number of hydrogen-bond donors (Lipinski definition) is 1. The molecule has 2 aliphatic carbocycles. The maximum absolute atomic E-state index is 3.50. The largest absolute Gasteiger partial charge is 0.387 e. The minimum absolute atomic E-state index is 0.523. The highest BCUT2D eigenvalue weighted by atomic mass is 15.1. The first-order valence-electron chi connectivity index (χ1n) is 20.9. The smallest absolute Gasteiger partial charge is 0.0726 e. The van der Waals surface area contributed by atoms with Gasteiger partial charge in [-0.15, -0.1) is 0 Å². The van der Waals surface area contributed by atoms with Crippen molar-refractivity contribution < 1.29 is 0 Å². The third kappa shape index (κ3) is 5.14. The zero-order valence-electron chi connectivity index (χ0n) is 33.0. The van der Waals surface area contributed by atoms with Crippen LogP contribution in [-0.4, -0.2) is 6.54 Å². The minimum Gasteiger partial charge on any atom is -0.387 e.